The van der Waals surface area contributed by atoms with Gasteiger partial charge in [-0.3, -0.25) is 0 Å². The largest absolute Gasteiger partial charge is 0.436 e. The second-order valence-electron chi connectivity index (χ2n) is 12.0. The van der Waals surface area contributed by atoms with E-state index < -0.39 is 0 Å². The Bertz CT molecular complexity index is 2050. The Labute approximate surface area is 264 Å². The zero-order chi connectivity index (χ0) is 30.9. The summed E-state index contributed by atoms with van der Waals surface area (Å²) >= 11 is 0. The molecule has 2 heterocycles. The van der Waals surface area contributed by atoms with E-state index in [2.05, 4.69) is 100 Å². The first-order valence-corrected chi connectivity index (χ1v) is 16.0. The Morgan fingerprint density at radius 1 is 0.489 bits per heavy atom. The normalized spacial score (nSPS) is 12.9. The van der Waals surface area contributed by atoms with Gasteiger partial charge < -0.3 is 4.42 Å². The van der Waals surface area contributed by atoms with Gasteiger partial charge in [0.05, 0.1) is 22.4 Å². The average molecular weight is 588 g/mol. The van der Waals surface area contributed by atoms with Gasteiger partial charge in [0.1, 0.15) is 5.52 Å². The molecule has 0 saturated carbocycles. The van der Waals surface area contributed by atoms with Crippen molar-refractivity contribution in [3.8, 4) is 45.1 Å². The maximum absolute atomic E-state index is 6.32. The minimum absolute atomic E-state index is 0.482. The molecule has 4 heteroatoms. The zero-order valence-corrected chi connectivity index (χ0v) is 26.3. The highest BCUT2D eigenvalue weighted by molar-refractivity contribution is 5.87. The lowest BCUT2D eigenvalue weighted by molar-refractivity contribution is 0.616. The van der Waals surface area contributed by atoms with Crippen molar-refractivity contribution >= 4 is 22.1 Å². The van der Waals surface area contributed by atoms with E-state index >= 15 is 0 Å². The molecule has 0 fully saturated rings. The molecule has 2 unspecified atom stereocenters. The van der Waals surface area contributed by atoms with E-state index in [0.29, 0.717) is 17.7 Å². The molecule has 0 aliphatic rings. The van der Waals surface area contributed by atoms with Gasteiger partial charge >= 0.3 is 0 Å². The van der Waals surface area contributed by atoms with E-state index in [1.165, 1.54) is 11.1 Å². The highest BCUT2D eigenvalue weighted by atomic mass is 16.3. The molecule has 0 aliphatic heterocycles. The highest BCUT2D eigenvalue weighted by Gasteiger charge is 2.19. The molecule has 0 bridgehead atoms. The van der Waals surface area contributed by atoms with Crippen LogP contribution in [0.5, 0.6) is 0 Å². The van der Waals surface area contributed by atoms with Crippen LogP contribution >= 0.6 is 0 Å². The summed E-state index contributed by atoms with van der Waals surface area (Å²) < 4.78 is 6.32. The fourth-order valence-electron chi connectivity index (χ4n) is 6.05. The second-order valence-corrected chi connectivity index (χ2v) is 12.0. The molecule has 2 atom stereocenters. The van der Waals surface area contributed by atoms with Gasteiger partial charge in [-0.25, -0.2) is 15.0 Å². The maximum atomic E-state index is 6.32. The van der Waals surface area contributed by atoms with Gasteiger partial charge in [-0.2, -0.15) is 0 Å². The van der Waals surface area contributed by atoms with Crippen molar-refractivity contribution < 1.29 is 4.42 Å². The Kier molecular flexibility index (Phi) is 7.72. The fourth-order valence-corrected chi connectivity index (χ4v) is 6.05. The van der Waals surface area contributed by atoms with Crippen LogP contribution in [0.1, 0.15) is 63.5 Å². The van der Waals surface area contributed by atoms with E-state index in [1.807, 2.05) is 42.5 Å². The SMILES string of the molecule is CCC(C)c1cc2nc(-c3ccc(-c4ccc(-c5nc6ccccc6nc5-c5ccccc5)cc4)cc3)oc2cc1C(C)CC. The van der Waals surface area contributed by atoms with Crippen molar-refractivity contribution in [2.75, 3.05) is 0 Å². The topological polar surface area (TPSA) is 51.8 Å². The van der Waals surface area contributed by atoms with Gasteiger partial charge in [-0.15, -0.1) is 0 Å². The third kappa shape index (κ3) is 5.53. The van der Waals surface area contributed by atoms with Crippen LogP contribution < -0.4 is 0 Å². The second kappa shape index (κ2) is 12.1. The number of hydrogen-bond acceptors (Lipinski definition) is 4. The van der Waals surface area contributed by atoms with E-state index in [9.17, 15) is 0 Å². The van der Waals surface area contributed by atoms with Crippen LogP contribution in [0.15, 0.2) is 120 Å². The van der Waals surface area contributed by atoms with E-state index in [-0.39, 0.29) is 0 Å². The van der Waals surface area contributed by atoms with E-state index in [0.717, 1.165) is 74.2 Å². The summed E-state index contributed by atoms with van der Waals surface area (Å²) in [6.07, 6.45) is 2.20. The van der Waals surface area contributed by atoms with Gasteiger partial charge in [0.25, 0.3) is 0 Å². The average Bonchev–Trinajstić information content (AvgIpc) is 3.53. The molecule has 2 aromatic heterocycles. The van der Waals surface area contributed by atoms with Gasteiger partial charge in [0, 0.05) is 16.7 Å². The third-order valence-electron chi connectivity index (χ3n) is 9.12. The van der Waals surface area contributed by atoms with Crippen LogP contribution in [0.4, 0.5) is 0 Å². The van der Waals surface area contributed by atoms with Crippen molar-refractivity contribution in [3.05, 3.63) is 126 Å². The Morgan fingerprint density at radius 2 is 0.956 bits per heavy atom. The first-order chi connectivity index (χ1) is 22.0. The van der Waals surface area contributed by atoms with E-state index in [1.54, 1.807) is 0 Å². The smallest absolute Gasteiger partial charge is 0.227 e. The molecular weight excluding hydrogens is 550 g/mol. The molecule has 0 saturated heterocycles. The van der Waals surface area contributed by atoms with Crippen LogP contribution in [0.25, 0.3) is 67.2 Å². The Balaban J connectivity index is 1.19. The third-order valence-corrected chi connectivity index (χ3v) is 9.12. The van der Waals surface area contributed by atoms with Crippen LogP contribution in [0.3, 0.4) is 0 Å². The summed E-state index contributed by atoms with van der Waals surface area (Å²) in [5.74, 6) is 1.63. The minimum Gasteiger partial charge on any atom is -0.436 e. The van der Waals surface area contributed by atoms with Crippen molar-refractivity contribution in [2.24, 2.45) is 0 Å². The Hall–Kier alpha value is -5.09. The lowest BCUT2D eigenvalue weighted by Gasteiger charge is -2.19. The van der Waals surface area contributed by atoms with Gasteiger partial charge in [0.2, 0.25) is 5.89 Å². The van der Waals surface area contributed by atoms with Gasteiger partial charge in [0.15, 0.2) is 5.58 Å². The number of oxazole rings is 1. The molecule has 4 nitrogen and oxygen atoms in total. The summed E-state index contributed by atoms with van der Waals surface area (Å²) in [7, 11) is 0. The molecule has 7 rings (SSSR count). The molecule has 5 aromatic carbocycles. The standard InChI is InChI=1S/C41H37N3O/c1-5-26(3)33-24-37-38(25-34(33)27(4)6-2)45-41(44-37)32-22-18-29(19-23-32)28-16-20-31(21-17-28)40-39(30-12-8-7-9-13-30)42-35-14-10-11-15-36(35)43-40/h7-27H,5-6H2,1-4H3. The molecule has 0 spiro atoms. The number of nitrogens with zero attached hydrogens (tertiary/aromatic N) is 3. The zero-order valence-electron chi connectivity index (χ0n) is 26.3. The summed E-state index contributed by atoms with van der Waals surface area (Å²) in [4.78, 5) is 15.0. The number of fused-ring (bicyclic) bond motifs is 2. The van der Waals surface area contributed by atoms with Crippen molar-refractivity contribution in [1.82, 2.24) is 15.0 Å². The lowest BCUT2D eigenvalue weighted by Crippen LogP contribution is -2.02. The van der Waals surface area contributed by atoms with Crippen LogP contribution in [-0.4, -0.2) is 15.0 Å². The summed E-state index contributed by atoms with van der Waals surface area (Å²) in [5, 5.41) is 0. The van der Waals surface area contributed by atoms with Crippen molar-refractivity contribution in [3.63, 3.8) is 0 Å². The van der Waals surface area contributed by atoms with Crippen LogP contribution in [-0.2, 0) is 0 Å². The molecule has 7 aromatic rings. The summed E-state index contributed by atoms with van der Waals surface area (Å²) in [6.45, 7) is 9.09. The Morgan fingerprint density at radius 3 is 1.51 bits per heavy atom. The molecule has 0 amide bonds. The fraction of sp³-hybridized carbons (Fsp3) is 0.195. The molecular formula is C41H37N3O. The van der Waals surface area contributed by atoms with Crippen LogP contribution in [0, 0.1) is 0 Å². The van der Waals surface area contributed by atoms with Gasteiger partial charge in [-0.05, 0) is 83.3 Å². The predicted octanol–water partition coefficient (Wildman–Crippen LogP) is 11.5. The first-order valence-electron chi connectivity index (χ1n) is 16.0. The van der Waals surface area contributed by atoms with Crippen molar-refractivity contribution in [1.29, 1.82) is 0 Å². The highest BCUT2D eigenvalue weighted by Crippen LogP contribution is 2.36. The number of para-hydroxylation sites is 2. The number of aromatic nitrogens is 3. The number of hydrogen-bond donors (Lipinski definition) is 0. The van der Waals surface area contributed by atoms with Crippen molar-refractivity contribution in [2.45, 2.75) is 52.4 Å². The number of rotatable bonds is 8. The summed E-state index contributed by atoms with van der Waals surface area (Å²) in [6, 6.07) is 39.8. The quantitative estimate of drug-likeness (QED) is 0.177. The molecule has 0 radical (unpaired) electrons. The maximum Gasteiger partial charge on any atom is 0.227 e. The van der Waals surface area contributed by atoms with Crippen LogP contribution in [0.2, 0.25) is 0 Å². The minimum atomic E-state index is 0.482. The first kappa shape index (κ1) is 28.7. The number of benzene rings is 5. The monoisotopic (exact) mass is 587 g/mol. The van der Waals surface area contributed by atoms with E-state index in [4.69, 9.17) is 19.4 Å². The molecule has 222 valence electrons. The van der Waals surface area contributed by atoms with Gasteiger partial charge in [-0.1, -0.05) is 107 Å². The molecule has 45 heavy (non-hydrogen) atoms. The predicted molar refractivity (Wildman–Crippen MR) is 186 cm³/mol. The lowest BCUT2D eigenvalue weighted by atomic mass is 9.86. The molecule has 0 N–H and O–H groups in total. The molecule has 0 aliphatic carbocycles. The summed E-state index contributed by atoms with van der Waals surface area (Å²) in [5.41, 5.74) is 13.4.